The third kappa shape index (κ3) is 5.27. The fourth-order valence-electron chi connectivity index (χ4n) is 2.04. The van der Waals surface area contributed by atoms with Crippen molar-refractivity contribution in [3.8, 4) is 0 Å². The minimum Gasteiger partial charge on any atom is -0.311 e. The molecule has 4 nitrogen and oxygen atoms in total. The quantitative estimate of drug-likeness (QED) is 0.763. The molecule has 1 aliphatic heterocycles. The maximum absolute atomic E-state index is 11.0. The fourth-order valence-corrected chi connectivity index (χ4v) is 2.70. The Morgan fingerprint density at radius 1 is 1.44 bits per heavy atom. The largest absolute Gasteiger partial charge is 0.311 e. The summed E-state index contributed by atoms with van der Waals surface area (Å²) in [6.07, 6.45) is 2.06. The summed E-state index contributed by atoms with van der Waals surface area (Å²) in [6.45, 7) is 8.43. The van der Waals surface area contributed by atoms with Gasteiger partial charge in [0, 0.05) is 31.9 Å². The van der Waals surface area contributed by atoms with E-state index in [0.29, 0.717) is 17.7 Å². The molecule has 5 heteroatoms. The summed E-state index contributed by atoms with van der Waals surface area (Å²) in [5.41, 5.74) is 0. The molecule has 0 amide bonds. The number of hydrogen-bond donors (Lipinski definition) is 1. The average molecular weight is 248 g/mol. The standard InChI is InChI=1S/C11H24N2O2S/c1-10(2)11-9-13(7-5-12-11)6-4-8-16(3,14)15/h10-12H,4-9H2,1-3H3. The highest BCUT2D eigenvalue weighted by molar-refractivity contribution is 7.90. The second kappa shape index (κ2) is 5.98. The minimum atomic E-state index is -2.80. The predicted molar refractivity (Wildman–Crippen MR) is 67.4 cm³/mol. The zero-order valence-electron chi connectivity index (χ0n) is 10.6. The molecule has 1 unspecified atom stereocenters. The molecule has 1 fully saturated rings. The van der Waals surface area contributed by atoms with Crippen molar-refractivity contribution < 1.29 is 8.42 Å². The number of nitrogens with zero attached hydrogens (tertiary/aromatic N) is 1. The van der Waals surface area contributed by atoms with Crippen LogP contribution in [-0.2, 0) is 9.84 Å². The van der Waals surface area contributed by atoms with Crippen LogP contribution in [-0.4, -0.2) is 57.5 Å². The molecule has 96 valence electrons. The topological polar surface area (TPSA) is 49.4 Å². The normalized spacial score (nSPS) is 23.9. The number of sulfone groups is 1. The average Bonchev–Trinajstić information content (AvgIpc) is 2.16. The number of piperazine rings is 1. The highest BCUT2D eigenvalue weighted by Crippen LogP contribution is 2.08. The second-order valence-corrected chi connectivity index (χ2v) is 7.35. The van der Waals surface area contributed by atoms with Crippen molar-refractivity contribution >= 4 is 9.84 Å². The molecule has 0 radical (unpaired) electrons. The van der Waals surface area contributed by atoms with Gasteiger partial charge >= 0.3 is 0 Å². The molecule has 0 spiro atoms. The lowest BCUT2D eigenvalue weighted by Gasteiger charge is -2.35. The van der Waals surface area contributed by atoms with E-state index < -0.39 is 9.84 Å². The van der Waals surface area contributed by atoms with E-state index in [0.717, 1.165) is 32.6 Å². The molecule has 1 aliphatic rings. The summed E-state index contributed by atoms with van der Waals surface area (Å²) >= 11 is 0. The van der Waals surface area contributed by atoms with Gasteiger partial charge in [-0.05, 0) is 18.9 Å². The molecule has 0 saturated carbocycles. The Labute approximate surface area is 99.3 Å². The van der Waals surface area contributed by atoms with Gasteiger partial charge in [-0.25, -0.2) is 8.42 Å². The van der Waals surface area contributed by atoms with Crippen LogP contribution in [0.4, 0.5) is 0 Å². The van der Waals surface area contributed by atoms with Crippen LogP contribution in [0.25, 0.3) is 0 Å². The summed E-state index contributed by atoms with van der Waals surface area (Å²) in [5, 5.41) is 3.50. The minimum absolute atomic E-state index is 0.309. The van der Waals surface area contributed by atoms with Crippen molar-refractivity contribution in [2.75, 3.05) is 38.2 Å². The fraction of sp³-hybridized carbons (Fsp3) is 1.00. The van der Waals surface area contributed by atoms with E-state index in [2.05, 4.69) is 24.1 Å². The van der Waals surface area contributed by atoms with Crippen molar-refractivity contribution in [2.45, 2.75) is 26.3 Å². The van der Waals surface area contributed by atoms with Crippen LogP contribution in [0.2, 0.25) is 0 Å². The third-order valence-electron chi connectivity index (χ3n) is 3.08. The van der Waals surface area contributed by atoms with Crippen LogP contribution < -0.4 is 5.32 Å². The molecule has 1 atom stereocenters. The summed E-state index contributed by atoms with van der Waals surface area (Å²) in [7, 11) is -2.80. The first kappa shape index (κ1) is 13.9. The van der Waals surface area contributed by atoms with Gasteiger partial charge in [0.15, 0.2) is 0 Å². The molecule has 1 rings (SSSR count). The highest BCUT2D eigenvalue weighted by Gasteiger charge is 2.21. The summed E-state index contributed by atoms with van der Waals surface area (Å²) in [5.74, 6) is 0.946. The van der Waals surface area contributed by atoms with Crippen LogP contribution in [0.15, 0.2) is 0 Å². The molecule has 1 N–H and O–H groups in total. The van der Waals surface area contributed by atoms with Gasteiger partial charge in [0.2, 0.25) is 0 Å². The summed E-state index contributed by atoms with van der Waals surface area (Å²) in [4.78, 5) is 2.37. The van der Waals surface area contributed by atoms with E-state index in [9.17, 15) is 8.42 Å². The van der Waals surface area contributed by atoms with Gasteiger partial charge in [-0.15, -0.1) is 0 Å². The molecular weight excluding hydrogens is 224 g/mol. The SMILES string of the molecule is CC(C)C1CN(CCCS(C)(=O)=O)CCN1. The molecule has 0 bridgehead atoms. The van der Waals surface area contributed by atoms with E-state index in [1.54, 1.807) is 0 Å². The van der Waals surface area contributed by atoms with Crippen LogP contribution >= 0.6 is 0 Å². The Balaban J connectivity index is 2.27. The smallest absolute Gasteiger partial charge is 0.147 e. The Hall–Kier alpha value is -0.130. The number of hydrogen-bond acceptors (Lipinski definition) is 4. The van der Waals surface area contributed by atoms with E-state index in [4.69, 9.17) is 0 Å². The van der Waals surface area contributed by atoms with E-state index in [-0.39, 0.29) is 0 Å². The van der Waals surface area contributed by atoms with Gasteiger partial charge < -0.3 is 10.2 Å². The van der Waals surface area contributed by atoms with Gasteiger partial charge in [0.25, 0.3) is 0 Å². The maximum Gasteiger partial charge on any atom is 0.147 e. The molecule has 0 aromatic heterocycles. The predicted octanol–water partition coefficient (Wildman–Crippen LogP) is 0.351. The van der Waals surface area contributed by atoms with Crippen molar-refractivity contribution in [1.82, 2.24) is 10.2 Å². The molecule has 0 aromatic rings. The van der Waals surface area contributed by atoms with E-state index >= 15 is 0 Å². The Bertz CT molecular complexity index is 301. The van der Waals surface area contributed by atoms with Gasteiger partial charge in [-0.3, -0.25) is 0 Å². The second-order valence-electron chi connectivity index (χ2n) is 5.09. The molecular formula is C11H24N2O2S. The Kier molecular flexibility index (Phi) is 5.21. The number of rotatable bonds is 5. The van der Waals surface area contributed by atoms with Crippen LogP contribution in [0, 0.1) is 5.92 Å². The monoisotopic (exact) mass is 248 g/mol. The van der Waals surface area contributed by atoms with Crippen LogP contribution in [0.1, 0.15) is 20.3 Å². The van der Waals surface area contributed by atoms with Gasteiger partial charge in [-0.2, -0.15) is 0 Å². The van der Waals surface area contributed by atoms with E-state index in [1.165, 1.54) is 6.26 Å². The van der Waals surface area contributed by atoms with Crippen molar-refractivity contribution in [2.24, 2.45) is 5.92 Å². The van der Waals surface area contributed by atoms with Crippen molar-refractivity contribution in [1.29, 1.82) is 0 Å². The maximum atomic E-state index is 11.0. The molecule has 0 aromatic carbocycles. The van der Waals surface area contributed by atoms with Crippen molar-refractivity contribution in [3.05, 3.63) is 0 Å². The number of nitrogens with one attached hydrogen (secondary N) is 1. The zero-order valence-corrected chi connectivity index (χ0v) is 11.4. The molecule has 1 saturated heterocycles. The first-order valence-electron chi connectivity index (χ1n) is 6.02. The lowest BCUT2D eigenvalue weighted by Crippen LogP contribution is -2.53. The van der Waals surface area contributed by atoms with Gasteiger partial charge in [-0.1, -0.05) is 13.8 Å². The van der Waals surface area contributed by atoms with Crippen LogP contribution in [0.3, 0.4) is 0 Å². The van der Waals surface area contributed by atoms with Crippen LogP contribution in [0.5, 0.6) is 0 Å². The summed E-state index contributed by atoms with van der Waals surface area (Å²) < 4.78 is 22.0. The zero-order chi connectivity index (χ0) is 12.2. The summed E-state index contributed by atoms with van der Waals surface area (Å²) in [6, 6.07) is 0.548. The van der Waals surface area contributed by atoms with Crippen molar-refractivity contribution in [3.63, 3.8) is 0 Å². The lowest BCUT2D eigenvalue weighted by atomic mass is 10.0. The lowest BCUT2D eigenvalue weighted by molar-refractivity contribution is 0.176. The highest BCUT2D eigenvalue weighted by atomic mass is 32.2. The molecule has 1 heterocycles. The van der Waals surface area contributed by atoms with Gasteiger partial charge in [0.1, 0.15) is 9.84 Å². The third-order valence-corrected chi connectivity index (χ3v) is 4.11. The van der Waals surface area contributed by atoms with E-state index in [1.807, 2.05) is 0 Å². The Morgan fingerprint density at radius 2 is 2.12 bits per heavy atom. The van der Waals surface area contributed by atoms with Gasteiger partial charge in [0.05, 0.1) is 5.75 Å². The molecule has 0 aliphatic carbocycles. The first-order chi connectivity index (χ1) is 7.38. The first-order valence-corrected chi connectivity index (χ1v) is 8.08. The Morgan fingerprint density at radius 3 is 2.69 bits per heavy atom. The molecule has 16 heavy (non-hydrogen) atoms.